The van der Waals surface area contributed by atoms with E-state index in [4.69, 9.17) is 0 Å². The van der Waals surface area contributed by atoms with Crippen LogP contribution in [0.25, 0.3) is 55.6 Å². The number of anilines is 3. The van der Waals surface area contributed by atoms with E-state index in [1.54, 1.807) is 0 Å². The zero-order valence-corrected chi connectivity index (χ0v) is 39.0. The lowest BCUT2D eigenvalue weighted by atomic mass is 9.67. The van der Waals surface area contributed by atoms with Crippen LogP contribution in [0.3, 0.4) is 0 Å². The molecule has 0 heterocycles. The molecule has 0 saturated heterocycles. The minimum absolute atomic E-state index is 0.0680. The molecule has 324 valence electrons. The molecule has 1 unspecified atom stereocenters. The van der Waals surface area contributed by atoms with Crippen molar-refractivity contribution in [3.05, 3.63) is 281 Å². The number of hydrogen-bond acceptors (Lipinski definition) is 1. The molecule has 10 aromatic carbocycles. The van der Waals surface area contributed by atoms with Crippen molar-refractivity contribution in [2.75, 3.05) is 4.90 Å². The summed E-state index contributed by atoms with van der Waals surface area (Å²) in [7, 11) is 0. The predicted molar refractivity (Wildman–Crippen MR) is 284 cm³/mol. The normalized spacial score (nSPS) is 16.2. The highest BCUT2D eigenvalue weighted by atomic mass is 15.1. The molecule has 10 aromatic rings. The molecule has 1 nitrogen and oxygen atoms in total. The maximum atomic E-state index is 2.53. The second kappa shape index (κ2) is 15.0. The van der Waals surface area contributed by atoms with Gasteiger partial charge in [-0.3, -0.25) is 0 Å². The van der Waals surface area contributed by atoms with E-state index in [0.29, 0.717) is 0 Å². The SMILES string of the molecule is CC1(C)c2ccccc2-c2ccc(-c3ccc(N(c4ccc5c(c4)C(C)(C)c4ccccc4-5)c4cccc5c4-c4ccccc4C5(c4ccccc4)c4cccc(-c5ccccc5)c4)cc3)cc21. The fraction of sp³-hybridized carbons (Fsp3) is 0.104. The second-order valence-electron chi connectivity index (χ2n) is 20.0. The van der Waals surface area contributed by atoms with Crippen molar-refractivity contribution in [2.24, 2.45) is 0 Å². The Kier molecular flexibility index (Phi) is 8.89. The van der Waals surface area contributed by atoms with Gasteiger partial charge < -0.3 is 4.90 Å². The molecule has 68 heavy (non-hydrogen) atoms. The van der Waals surface area contributed by atoms with E-state index in [1.165, 1.54) is 100 Å². The fourth-order valence-electron chi connectivity index (χ4n) is 12.5. The number of fused-ring (bicyclic) bond motifs is 9. The molecule has 1 heteroatoms. The molecule has 0 saturated carbocycles. The molecule has 0 spiro atoms. The summed E-state index contributed by atoms with van der Waals surface area (Å²) in [4.78, 5) is 2.53. The van der Waals surface area contributed by atoms with Gasteiger partial charge in [0.15, 0.2) is 0 Å². The zero-order chi connectivity index (χ0) is 45.8. The first-order valence-corrected chi connectivity index (χ1v) is 24.1. The topological polar surface area (TPSA) is 3.24 Å². The van der Waals surface area contributed by atoms with Gasteiger partial charge >= 0.3 is 0 Å². The summed E-state index contributed by atoms with van der Waals surface area (Å²) in [6.07, 6.45) is 0. The van der Waals surface area contributed by atoms with Crippen LogP contribution in [0.5, 0.6) is 0 Å². The van der Waals surface area contributed by atoms with E-state index < -0.39 is 5.41 Å². The van der Waals surface area contributed by atoms with Crippen molar-refractivity contribution in [3.8, 4) is 55.6 Å². The van der Waals surface area contributed by atoms with Gasteiger partial charge in [0.25, 0.3) is 0 Å². The van der Waals surface area contributed by atoms with Gasteiger partial charge in [-0.25, -0.2) is 0 Å². The first kappa shape index (κ1) is 40.3. The average molecular weight is 870 g/mol. The summed E-state index contributed by atoms with van der Waals surface area (Å²) >= 11 is 0. The average Bonchev–Trinajstić information content (AvgIpc) is 3.92. The smallest absolute Gasteiger partial charge is 0.0714 e. The molecule has 3 aliphatic rings. The Balaban J connectivity index is 1.03. The summed E-state index contributed by atoms with van der Waals surface area (Å²) in [5, 5.41) is 0. The van der Waals surface area contributed by atoms with Gasteiger partial charge in [0.05, 0.1) is 11.1 Å². The molecule has 13 rings (SSSR count). The molecule has 0 radical (unpaired) electrons. The Morgan fingerprint density at radius 3 is 1.43 bits per heavy atom. The molecular formula is C67H51N. The molecular weight excluding hydrogens is 819 g/mol. The highest BCUT2D eigenvalue weighted by Gasteiger charge is 2.48. The summed E-state index contributed by atoms with van der Waals surface area (Å²) < 4.78 is 0. The van der Waals surface area contributed by atoms with Crippen molar-refractivity contribution >= 4 is 17.1 Å². The molecule has 0 aromatic heterocycles. The largest absolute Gasteiger partial charge is 0.310 e. The molecule has 0 N–H and O–H groups in total. The summed E-state index contributed by atoms with van der Waals surface area (Å²) in [6, 6.07) is 88.8. The maximum Gasteiger partial charge on any atom is 0.0714 e. The van der Waals surface area contributed by atoms with Crippen molar-refractivity contribution in [2.45, 2.75) is 43.9 Å². The number of nitrogens with zero attached hydrogens (tertiary/aromatic N) is 1. The van der Waals surface area contributed by atoms with Crippen molar-refractivity contribution < 1.29 is 0 Å². The Bertz CT molecular complexity index is 3610. The number of benzene rings is 10. The zero-order valence-electron chi connectivity index (χ0n) is 39.0. The van der Waals surface area contributed by atoms with Crippen LogP contribution in [-0.2, 0) is 16.2 Å². The van der Waals surface area contributed by atoms with Crippen LogP contribution >= 0.6 is 0 Å². The minimum atomic E-state index is -0.577. The molecule has 0 amide bonds. The molecule has 3 aliphatic carbocycles. The number of hydrogen-bond donors (Lipinski definition) is 0. The van der Waals surface area contributed by atoms with Crippen LogP contribution in [0.15, 0.2) is 237 Å². The van der Waals surface area contributed by atoms with Gasteiger partial charge in [0.2, 0.25) is 0 Å². The van der Waals surface area contributed by atoms with Crippen LogP contribution < -0.4 is 4.90 Å². The van der Waals surface area contributed by atoms with Gasteiger partial charge in [-0.1, -0.05) is 222 Å². The first-order valence-electron chi connectivity index (χ1n) is 24.1. The summed E-state index contributed by atoms with van der Waals surface area (Å²) in [6.45, 7) is 9.49. The fourth-order valence-corrected chi connectivity index (χ4v) is 12.5. The minimum Gasteiger partial charge on any atom is -0.310 e. The van der Waals surface area contributed by atoms with E-state index >= 15 is 0 Å². The maximum absolute atomic E-state index is 2.53. The highest BCUT2D eigenvalue weighted by Crippen LogP contribution is 2.60. The number of rotatable bonds is 7. The standard InChI is InChI=1S/C67H51N/c1-65(2)57-28-14-11-25-52(57)54-39-35-47(42-61(54)65)45-33-36-50(37-34-45)68(51-38-40-55-53-26-12-15-29-58(53)66(3,4)62(55)43-51)63-32-18-31-60-64(63)56-27-13-16-30-59(56)67(60,48-22-9-6-10-23-48)49-24-17-21-46(41-49)44-19-7-5-8-20-44/h5-43H,1-4H3. The Labute approximate surface area is 400 Å². The van der Waals surface area contributed by atoms with E-state index in [-0.39, 0.29) is 10.8 Å². The van der Waals surface area contributed by atoms with Crippen LogP contribution in [-0.4, -0.2) is 0 Å². The lowest BCUT2D eigenvalue weighted by Crippen LogP contribution is -2.28. The molecule has 0 fully saturated rings. The summed E-state index contributed by atoms with van der Waals surface area (Å²) in [5.74, 6) is 0. The van der Waals surface area contributed by atoms with Crippen molar-refractivity contribution in [1.29, 1.82) is 0 Å². The predicted octanol–water partition coefficient (Wildman–Crippen LogP) is 17.5. The van der Waals surface area contributed by atoms with Crippen LogP contribution in [0.1, 0.15) is 72.2 Å². The van der Waals surface area contributed by atoms with E-state index in [1.807, 2.05) is 0 Å². The van der Waals surface area contributed by atoms with Crippen molar-refractivity contribution in [3.63, 3.8) is 0 Å². The van der Waals surface area contributed by atoms with Gasteiger partial charge in [-0.05, 0) is 137 Å². The highest BCUT2D eigenvalue weighted by molar-refractivity contribution is 5.98. The van der Waals surface area contributed by atoms with Gasteiger partial charge in [0, 0.05) is 27.8 Å². The Morgan fingerprint density at radius 1 is 0.279 bits per heavy atom. The third-order valence-electron chi connectivity index (χ3n) is 15.8. The first-order chi connectivity index (χ1) is 33.2. The van der Waals surface area contributed by atoms with E-state index in [9.17, 15) is 0 Å². The van der Waals surface area contributed by atoms with Gasteiger partial charge in [-0.2, -0.15) is 0 Å². The van der Waals surface area contributed by atoms with Gasteiger partial charge in [-0.15, -0.1) is 0 Å². The quantitative estimate of drug-likeness (QED) is 0.154. The lowest BCUT2D eigenvalue weighted by Gasteiger charge is -2.35. The van der Waals surface area contributed by atoms with Crippen LogP contribution in [0, 0.1) is 0 Å². The Morgan fingerprint density at radius 2 is 0.735 bits per heavy atom. The van der Waals surface area contributed by atoms with Crippen LogP contribution in [0.2, 0.25) is 0 Å². The second-order valence-corrected chi connectivity index (χ2v) is 20.0. The Hall–Kier alpha value is -8.00. The third-order valence-corrected chi connectivity index (χ3v) is 15.8. The van der Waals surface area contributed by atoms with E-state index in [2.05, 4.69) is 269 Å². The molecule has 1 atom stereocenters. The monoisotopic (exact) mass is 869 g/mol. The van der Waals surface area contributed by atoms with Crippen molar-refractivity contribution in [1.82, 2.24) is 0 Å². The van der Waals surface area contributed by atoms with E-state index in [0.717, 1.165) is 17.1 Å². The van der Waals surface area contributed by atoms with Gasteiger partial charge in [0.1, 0.15) is 0 Å². The summed E-state index contributed by atoms with van der Waals surface area (Å²) in [5.41, 5.74) is 25.9. The third kappa shape index (κ3) is 5.75. The lowest BCUT2D eigenvalue weighted by molar-refractivity contribution is 0.660. The van der Waals surface area contributed by atoms with Crippen LogP contribution in [0.4, 0.5) is 17.1 Å². The molecule has 0 bridgehead atoms. The molecule has 0 aliphatic heterocycles.